The van der Waals surface area contributed by atoms with Crippen molar-refractivity contribution in [2.75, 3.05) is 0 Å². The Kier molecular flexibility index (Phi) is 2.35. The van der Waals surface area contributed by atoms with Crippen molar-refractivity contribution in [3.05, 3.63) is 36.2 Å². The maximum Gasteiger partial charge on any atom is 0.143 e. The second-order valence-corrected chi connectivity index (χ2v) is 3.12. The van der Waals surface area contributed by atoms with E-state index in [2.05, 4.69) is 31.5 Å². The predicted molar refractivity (Wildman–Crippen MR) is 51.8 cm³/mol. The number of hydrogen-bond acceptors (Lipinski definition) is 3. The van der Waals surface area contributed by atoms with E-state index in [1.807, 2.05) is 24.3 Å². The molecule has 2 rings (SSSR count). The van der Waals surface area contributed by atoms with Gasteiger partial charge in [0.1, 0.15) is 6.33 Å². The van der Waals surface area contributed by atoms with E-state index >= 15 is 0 Å². The number of aromatic nitrogens is 4. The van der Waals surface area contributed by atoms with Gasteiger partial charge < -0.3 is 0 Å². The summed E-state index contributed by atoms with van der Waals surface area (Å²) in [6.07, 6.45) is 1.57. The summed E-state index contributed by atoms with van der Waals surface area (Å²) in [5.74, 6) is 0. The van der Waals surface area contributed by atoms with Crippen LogP contribution in [0.5, 0.6) is 0 Å². The first-order chi connectivity index (χ1) is 6.40. The minimum atomic E-state index is 0.864. The molecule has 0 aliphatic rings. The number of hydrogen-bond donors (Lipinski definition) is 0. The van der Waals surface area contributed by atoms with Crippen LogP contribution < -0.4 is 0 Å². The Labute approximate surface area is 83.7 Å². The SMILES string of the molecule is BrCc1ccc(-n2cnnn2)cc1. The fourth-order valence-electron chi connectivity index (χ4n) is 1.02. The van der Waals surface area contributed by atoms with Gasteiger partial charge in [-0.15, -0.1) is 5.10 Å². The van der Waals surface area contributed by atoms with E-state index in [1.165, 1.54) is 5.56 Å². The van der Waals surface area contributed by atoms with Crippen molar-refractivity contribution in [2.45, 2.75) is 5.33 Å². The normalized spacial score (nSPS) is 10.2. The lowest BCUT2D eigenvalue weighted by Gasteiger charge is -1.99. The highest BCUT2D eigenvalue weighted by Crippen LogP contribution is 2.09. The van der Waals surface area contributed by atoms with E-state index in [4.69, 9.17) is 0 Å². The predicted octanol–water partition coefficient (Wildman–Crippen LogP) is 1.56. The van der Waals surface area contributed by atoms with E-state index in [0.717, 1.165) is 11.0 Å². The molecule has 1 aromatic heterocycles. The van der Waals surface area contributed by atoms with E-state index in [0.29, 0.717) is 0 Å². The van der Waals surface area contributed by atoms with Crippen LogP contribution >= 0.6 is 15.9 Å². The van der Waals surface area contributed by atoms with Gasteiger partial charge in [-0.25, -0.2) is 4.68 Å². The summed E-state index contributed by atoms with van der Waals surface area (Å²) in [7, 11) is 0. The van der Waals surface area contributed by atoms with Crippen LogP contribution in [0.25, 0.3) is 5.69 Å². The highest BCUT2D eigenvalue weighted by molar-refractivity contribution is 9.08. The van der Waals surface area contributed by atoms with Gasteiger partial charge in [0.15, 0.2) is 0 Å². The summed E-state index contributed by atoms with van der Waals surface area (Å²) in [5.41, 5.74) is 2.20. The molecule has 2 aromatic rings. The van der Waals surface area contributed by atoms with Gasteiger partial charge >= 0.3 is 0 Å². The summed E-state index contributed by atoms with van der Waals surface area (Å²) in [6, 6.07) is 8.03. The summed E-state index contributed by atoms with van der Waals surface area (Å²) >= 11 is 3.38. The molecule has 1 heterocycles. The Balaban J connectivity index is 2.33. The third kappa shape index (κ3) is 1.75. The first-order valence-corrected chi connectivity index (χ1v) is 4.90. The molecule has 0 aliphatic carbocycles. The highest BCUT2D eigenvalue weighted by Gasteiger charge is 1.96. The Bertz CT molecular complexity index is 368. The summed E-state index contributed by atoms with van der Waals surface area (Å²) in [5, 5.41) is 11.8. The molecular weight excluding hydrogens is 232 g/mol. The lowest BCUT2D eigenvalue weighted by Crippen LogP contribution is -1.94. The molecule has 0 atom stereocenters. The summed E-state index contributed by atoms with van der Waals surface area (Å²) in [4.78, 5) is 0. The lowest BCUT2D eigenvalue weighted by atomic mass is 10.2. The molecule has 13 heavy (non-hydrogen) atoms. The quantitative estimate of drug-likeness (QED) is 0.747. The van der Waals surface area contributed by atoms with Crippen molar-refractivity contribution in [3.63, 3.8) is 0 Å². The van der Waals surface area contributed by atoms with Crippen LogP contribution in [0.3, 0.4) is 0 Å². The number of alkyl halides is 1. The van der Waals surface area contributed by atoms with Gasteiger partial charge in [0.25, 0.3) is 0 Å². The van der Waals surface area contributed by atoms with Crippen molar-refractivity contribution in [1.29, 1.82) is 0 Å². The maximum absolute atomic E-state index is 3.79. The number of benzene rings is 1. The summed E-state index contributed by atoms with van der Waals surface area (Å²) < 4.78 is 1.62. The standard InChI is InChI=1S/C8H7BrN4/c9-5-7-1-3-8(4-2-7)13-6-10-11-12-13/h1-4,6H,5H2. The third-order valence-electron chi connectivity index (χ3n) is 1.70. The van der Waals surface area contributed by atoms with E-state index in [9.17, 15) is 0 Å². The van der Waals surface area contributed by atoms with E-state index in [1.54, 1.807) is 11.0 Å². The molecule has 0 amide bonds. The maximum atomic E-state index is 3.79. The fraction of sp³-hybridized carbons (Fsp3) is 0.125. The van der Waals surface area contributed by atoms with E-state index in [-0.39, 0.29) is 0 Å². The molecule has 0 saturated heterocycles. The monoisotopic (exact) mass is 238 g/mol. The Morgan fingerprint density at radius 1 is 1.23 bits per heavy atom. The van der Waals surface area contributed by atoms with Gasteiger partial charge in [0.2, 0.25) is 0 Å². The molecule has 1 aromatic carbocycles. The second kappa shape index (κ2) is 3.66. The topological polar surface area (TPSA) is 43.6 Å². The molecule has 0 saturated carbocycles. The molecule has 0 radical (unpaired) electrons. The van der Waals surface area contributed by atoms with Crippen LogP contribution in [0.15, 0.2) is 30.6 Å². The molecule has 0 aliphatic heterocycles. The molecule has 5 heteroatoms. The minimum absolute atomic E-state index is 0.864. The van der Waals surface area contributed by atoms with Gasteiger partial charge in [0, 0.05) is 5.33 Å². The number of tetrazole rings is 1. The second-order valence-electron chi connectivity index (χ2n) is 2.55. The third-order valence-corrected chi connectivity index (χ3v) is 2.35. The molecule has 0 bridgehead atoms. The van der Waals surface area contributed by atoms with Crippen molar-refractivity contribution in [2.24, 2.45) is 0 Å². The average Bonchev–Trinajstić information content (AvgIpc) is 2.71. The summed E-state index contributed by atoms with van der Waals surface area (Å²) in [6.45, 7) is 0. The smallest absolute Gasteiger partial charge is 0.143 e. The Hall–Kier alpha value is -1.23. The fourth-order valence-corrected chi connectivity index (χ4v) is 1.39. The van der Waals surface area contributed by atoms with Crippen LogP contribution in [0, 0.1) is 0 Å². The minimum Gasteiger partial charge on any atom is -0.201 e. The highest BCUT2D eigenvalue weighted by atomic mass is 79.9. The zero-order valence-electron chi connectivity index (χ0n) is 6.76. The zero-order chi connectivity index (χ0) is 9.10. The average molecular weight is 239 g/mol. The van der Waals surface area contributed by atoms with Crippen molar-refractivity contribution in [3.8, 4) is 5.69 Å². The van der Waals surface area contributed by atoms with Crippen LogP contribution in [-0.2, 0) is 5.33 Å². The van der Waals surface area contributed by atoms with Crippen molar-refractivity contribution in [1.82, 2.24) is 20.2 Å². The molecular formula is C8H7BrN4. The van der Waals surface area contributed by atoms with Gasteiger partial charge in [-0.1, -0.05) is 28.1 Å². The molecule has 0 unspecified atom stereocenters. The molecule has 0 N–H and O–H groups in total. The first kappa shape index (κ1) is 8.37. The van der Waals surface area contributed by atoms with Crippen LogP contribution in [-0.4, -0.2) is 20.2 Å². The molecule has 0 spiro atoms. The zero-order valence-corrected chi connectivity index (χ0v) is 8.35. The number of halogens is 1. The van der Waals surface area contributed by atoms with Crippen molar-refractivity contribution < 1.29 is 0 Å². The van der Waals surface area contributed by atoms with Gasteiger partial charge in [-0.05, 0) is 28.1 Å². The van der Waals surface area contributed by atoms with Crippen LogP contribution in [0.4, 0.5) is 0 Å². The van der Waals surface area contributed by atoms with E-state index < -0.39 is 0 Å². The van der Waals surface area contributed by atoms with Gasteiger partial charge in [-0.3, -0.25) is 0 Å². The Morgan fingerprint density at radius 2 is 2.00 bits per heavy atom. The largest absolute Gasteiger partial charge is 0.201 e. The number of nitrogens with zero attached hydrogens (tertiary/aromatic N) is 4. The van der Waals surface area contributed by atoms with Crippen molar-refractivity contribution >= 4 is 15.9 Å². The molecule has 66 valence electrons. The molecule has 4 nitrogen and oxygen atoms in total. The number of rotatable bonds is 2. The Morgan fingerprint density at radius 3 is 2.54 bits per heavy atom. The van der Waals surface area contributed by atoms with Gasteiger partial charge in [-0.2, -0.15) is 0 Å². The van der Waals surface area contributed by atoms with Crippen LogP contribution in [0.2, 0.25) is 0 Å². The van der Waals surface area contributed by atoms with Gasteiger partial charge in [0.05, 0.1) is 5.69 Å². The first-order valence-electron chi connectivity index (χ1n) is 3.78. The lowest BCUT2D eigenvalue weighted by molar-refractivity contribution is 0.789. The molecule has 0 fully saturated rings. The van der Waals surface area contributed by atoms with Crippen LogP contribution in [0.1, 0.15) is 5.56 Å².